The number of hydrogen-bond acceptors (Lipinski definition) is 4. The second kappa shape index (κ2) is 5.65. The van der Waals surface area contributed by atoms with Crippen molar-refractivity contribution in [1.82, 2.24) is 9.97 Å². The second-order valence-corrected chi connectivity index (χ2v) is 3.90. The minimum atomic E-state index is -0.502. The van der Waals surface area contributed by atoms with Gasteiger partial charge < -0.3 is 5.73 Å². The predicted octanol–water partition coefficient (Wildman–Crippen LogP) is 1.48. The molecule has 19 heavy (non-hydrogen) atoms. The van der Waals surface area contributed by atoms with Gasteiger partial charge in [-0.3, -0.25) is 9.78 Å². The van der Waals surface area contributed by atoms with Gasteiger partial charge in [0.15, 0.2) is 0 Å². The van der Waals surface area contributed by atoms with Crippen LogP contribution in [0.2, 0.25) is 0 Å². The Morgan fingerprint density at radius 2 is 2.11 bits per heavy atom. The fourth-order valence-electron chi connectivity index (χ4n) is 1.67. The maximum atomic E-state index is 11.5. The van der Waals surface area contributed by atoms with Crippen molar-refractivity contribution in [3.8, 4) is 6.07 Å². The van der Waals surface area contributed by atoms with Crippen LogP contribution in [0.5, 0.6) is 0 Å². The quantitative estimate of drug-likeness (QED) is 0.864. The van der Waals surface area contributed by atoms with Gasteiger partial charge in [-0.15, -0.1) is 0 Å². The fourth-order valence-corrected chi connectivity index (χ4v) is 1.67. The number of rotatable bonds is 3. The molecule has 3 N–H and O–H groups in total. The van der Waals surface area contributed by atoms with Gasteiger partial charge in [-0.25, -0.2) is 4.98 Å². The van der Waals surface area contributed by atoms with Gasteiger partial charge in [0, 0.05) is 6.42 Å². The van der Waals surface area contributed by atoms with Crippen LogP contribution >= 0.6 is 0 Å². The molecule has 2 rings (SSSR count). The van der Waals surface area contributed by atoms with E-state index in [9.17, 15) is 4.79 Å². The van der Waals surface area contributed by atoms with Crippen molar-refractivity contribution in [1.29, 1.82) is 5.26 Å². The molecule has 0 saturated carbocycles. The first-order chi connectivity index (χ1) is 9.20. The highest BCUT2D eigenvalue weighted by Gasteiger charge is 2.08. The van der Waals surface area contributed by atoms with Crippen LogP contribution in [0, 0.1) is 11.3 Å². The number of nitrogens with zero attached hydrogens (tertiary/aromatic N) is 2. The van der Waals surface area contributed by atoms with Crippen LogP contribution in [0.1, 0.15) is 16.8 Å². The molecule has 0 fully saturated rings. The molecular formula is C14H12N4O. The number of nitriles is 1. The maximum Gasteiger partial charge on any atom is 0.270 e. The van der Waals surface area contributed by atoms with E-state index in [-0.39, 0.29) is 11.5 Å². The Kier molecular flexibility index (Phi) is 3.74. The minimum absolute atomic E-state index is 0.00640. The van der Waals surface area contributed by atoms with Crippen molar-refractivity contribution in [2.24, 2.45) is 0 Å². The van der Waals surface area contributed by atoms with E-state index in [1.165, 1.54) is 0 Å². The first kappa shape index (κ1) is 12.6. The van der Waals surface area contributed by atoms with Crippen molar-refractivity contribution in [2.75, 3.05) is 5.73 Å². The maximum absolute atomic E-state index is 11.5. The summed E-state index contributed by atoms with van der Waals surface area (Å²) in [6.07, 6.45) is 4.13. The lowest BCUT2D eigenvalue weighted by Gasteiger charge is -2.00. The highest BCUT2D eigenvalue weighted by molar-refractivity contribution is 5.49. The van der Waals surface area contributed by atoms with E-state index in [1.54, 1.807) is 0 Å². The van der Waals surface area contributed by atoms with Crippen molar-refractivity contribution in [2.45, 2.75) is 6.42 Å². The van der Waals surface area contributed by atoms with Gasteiger partial charge in [0.1, 0.15) is 11.6 Å². The van der Waals surface area contributed by atoms with Gasteiger partial charge in [0.25, 0.3) is 5.56 Å². The summed E-state index contributed by atoms with van der Waals surface area (Å²) in [6.45, 7) is 0. The number of anilines is 1. The van der Waals surface area contributed by atoms with Crippen LogP contribution < -0.4 is 11.3 Å². The van der Waals surface area contributed by atoms with Gasteiger partial charge in [-0.1, -0.05) is 42.5 Å². The average molecular weight is 252 g/mol. The van der Waals surface area contributed by atoms with E-state index >= 15 is 0 Å². The van der Waals surface area contributed by atoms with Crippen molar-refractivity contribution >= 4 is 12.0 Å². The van der Waals surface area contributed by atoms with Crippen molar-refractivity contribution in [3.63, 3.8) is 0 Å². The third-order valence-electron chi connectivity index (χ3n) is 2.55. The third kappa shape index (κ3) is 3.07. The summed E-state index contributed by atoms with van der Waals surface area (Å²) >= 11 is 0. The Morgan fingerprint density at radius 1 is 1.37 bits per heavy atom. The number of nitrogens with two attached hydrogens (primary N) is 1. The summed E-state index contributed by atoms with van der Waals surface area (Å²) in [6, 6.07) is 11.6. The lowest BCUT2D eigenvalue weighted by molar-refractivity contribution is 1.02. The summed E-state index contributed by atoms with van der Waals surface area (Å²) in [4.78, 5) is 17.8. The molecular weight excluding hydrogens is 240 g/mol. The Labute approximate surface area is 110 Å². The number of allylic oxidation sites excluding steroid dienone is 1. The van der Waals surface area contributed by atoms with Gasteiger partial charge in [0.2, 0.25) is 5.95 Å². The van der Waals surface area contributed by atoms with E-state index in [1.807, 2.05) is 48.6 Å². The van der Waals surface area contributed by atoms with E-state index in [0.29, 0.717) is 12.1 Å². The normalized spacial score (nSPS) is 10.5. The molecule has 0 unspecified atom stereocenters. The molecule has 0 atom stereocenters. The second-order valence-electron chi connectivity index (χ2n) is 3.90. The fraction of sp³-hybridized carbons (Fsp3) is 0.0714. The number of H-pyrrole nitrogens is 1. The molecule has 1 aromatic heterocycles. The van der Waals surface area contributed by atoms with Crippen LogP contribution in [0.25, 0.3) is 6.08 Å². The SMILES string of the molecule is N#Cc1c(C/C=C/c2ccccc2)nc(N)[nH]c1=O. The highest BCUT2D eigenvalue weighted by atomic mass is 16.1. The third-order valence-corrected chi connectivity index (χ3v) is 2.55. The molecule has 0 aliphatic carbocycles. The zero-order chi connectivity index (χ0) is 13.7. The van der Waals surface area contributed by atoms with Gasteiger partial charge in [-0.05, 0) is 5.56 Å². The number of aromatic amines is 1. The number of nitrogens with one attached hydrogen (secondary N) is 1. The van der Waals surface area contributed by atoms with Crippen LogP contribution in [-0.2, 0) is 6.42 Å². The largest absolute Gasteiger partial charge is 0.369 e. The number of hydrogen-bond donors (Lipinski definition) is 2. The molecule has 0 bridgehead atoms. The molecule has 2 aromatic rings. The van der Waals surface area contributed by atoms with E-state index < -0.39 is 5.56 Å². The Hall–Kier alpha value is -2.87. The standard InChI is InChI=1S/C14H12N4O/c15-9-11-12(17-14(16)18-13(11)19)8-4-7-10-5-2-1-3-6-10/h1-7H,8H2,(H3,16,17,18,19)/b7-4+. The Bertz CT molecular complexity index is 696. The number of nitrogen functional groups attached to an aromatic ring is 1. The summed E-state index contributed by atoms with van der Waals surface area (Å²) < 4.78 is 0. The van der Waals surface area contributed by atoms with E-state index in [2.05, 4.69) is 9.97 Å². The van der Waals surface area contributed by atoms with Gasteiger partial charge >= 0.3 is 0 Å². The zero-order valence-corrected chi connectivity index (χ0v) is 10.1. The van der Waals surface area contributed by atoms with E-state index in [0.717, 1.165) is 5.56 Å². The summed E-state index contributed by atoms with van der Waals surface area (Å²) in [7, 11) is 0. The molecule has 0 aliphatic rings. The first-order valence-electron chi connectivity index (χ1n) is 5.71. The Morgan fingerprint density at radius 3 is 2.79 bits per heavy atom. The van der Waals surface area contributed by atoms with Crippen molar-refractivity contribution in [3.05, 3.63) is 63.6 Å². The van der Waals surface area contributed by atoms with Crippen LogP contribution in [0.3, 0.4) is 0 Å². The number of aromatic nitrogens is 2. The van der Waals surface area contributed by atoms with Crippen LogP contribution in [0.4, 0.5) is 5.95 Å². The van der Waals surface area contributed by atoms with Gasteiger partial charge in [0.05, 0.1) is 5.69 Å². The monoisotopic (exact) mass is 252 g/mol. The highest BCUT2D eigenvalue weighted by Crippen LogP contribution is 2.06. The van der Waals surface area contributed by atoms with Crippen molar-refractivity contribution < 1.29 is 0 Å². The lowest BCUT2D eigenvalue weighted by atomic mass is 10.1. The first-order valence-corrected chi connectivity index (χ1v) is 5.71. The molecule has 0 radical (unpaired) electrons. The smallest absolute Gasteiger partial charge is 0.270 e. The number of benzene rings is 1. The van der Waals surface area contributed by atoms with Crippen LogP contribution in [0.15, 0.2) is 41.2 Å². The summed E-state index contributed by atoms with van der Waals surface area (Å²) in [5.74, 6) is 0.0205. The average Bonchev–Trinajstić information content (AvgIpc) is 2.39. The molecule has 0 saturated heterocycles. The van der Waals surface area contributed by atoms with Crippen LogP contribution in [-0.4, -0.2) is 9.97 Å². The predicted molar refractivity (Wildman–Crippen MR) is 73.2 cm³/mol. The molecule has 5 heteroatoms. The Balaban J connectivity index is 2.23. The topological polar surface area (TPSA) is 95.6 Å². The zero-order valence-electron chi connectivity index (χ0n) is 10.1. The molecule has 0 aliphatic heterocycles. The molecule has 0 spiro atoms. The summed E-state index contributed by atoms with van der Waals surface area (Å²) in [5.41, 5.74) is 6.40. The van der Waals surface area contributed by atoms with Gasteiger partial charge in [-0.2, -0.15) is 5.26 Å². The molecule has 1 heterocycles. The molecule has 0 amide bonds. The molecule has 1 aromatic carbocycles. The van der Waals surface area contributed by atoms with E-state index in [4.69, 9.17) is 11.0 Å². The lowest BCUT2D eigenvalue weighted by Crippen LogP contribution is -2.17. The molecule has 5 nitrogen and oxygen atoms in total. The molecule has 94 valence electrons. The minimum Gasteiger partial charge on any atom is -0.369 e. The summed E-state index contributed by atoms with van der Waals surface area (Å²) in [5, 5.41) is 8.93.